The van der Waals surface area contributed by atoms with Gasteiger partial charge in [0.25, 0.3) is 0 Å². The summed E-state index contributed by atoms with van der Waals surface area (Å²) in [6.45, 7) is 1.84. The summed E-state index contributed by atoms with van der Waals surface area (Å²) in [6.07, 6.45) is 5.35. The standard InChI is InChI=1S/C20H18FNO2/c1-11-14(20(23)24)9-10-17-15-3-2-4-16(15)19(22-18(11)17)12-5-7-13(21)8-6-12/h2-3,5-10,15-16,19,22H,4H2,1H3,(H,23,24). The van der Waals surface area contributed by atoms with Crippen LogP contribution in [0.2, 0.25) is 0 Å². The molecular formula is C20H18FNO2. The Labute approximate surface area is 139 Å². The van der Waals surface area contributed by atoms with E-state index in [0.717, 1.165) is 28.8 Å². The maximum Gasteiger partial charge on any atom is 0.336 e. The zero-order valence-electron chi connectivity index (χ0n) is 13.3. The Hall–Kier alpha value is -2.62. The molecule has 0 bridgehead atoms. The van der Waals surface area contributed by atoms with Gasteiger partial charge in [-0.15, -0.1) is 0 Å². The quantitative estimate of drug-likeness (QED) is 0.790. The predicted octanol–water partition coefficient (Wildman–Crippen LogP) is 4.66. The molecule has 3 atom stereocenters. The average molecular weight is 323 g/mol. The number of halogens is 1. The van der Waals surface area contributed by atoms with E-state index in [1.165, 1.54) is 12.1 Å². The van der Waals surface area contributed by atoms with E-state index in [2.05, 4.69) is 17.5 Å². The first-order valence-corrected chi connectivity index (χ1v) is 8.11. The molecule has 2 aromatic rings. The van der Waals surface area contributed by atoms with E-state index in [1.807, 2.05) is 25.1 Å². The molecule has 3 unspecified atom stereocenters. The molecule has 2 N–H and O–H groups in total. The first-order valence-electron chi connectivity index (χ1n) is 8.11. The van der Waals surface area contributed by atoms with E-state index in [9.17, 15) is 14.3 Å². The van der Waals surface area contributed by atoms with Gasteiger partial charge in [0.15, 0.2) is 0 Å². The topological polar surface area (TPSA) is 49.3 Å². The number of rotatable bonds is 2. The van der Waals surface area contributed by atoms with Gasteiger partial charge in [0.1, 0.15) is 5.82 Å². The summed E-state index contributed by atoms with van der Waals surface area (Å²) in [5.41, 5.74) is 4.15. The fourth-order valence-electron chi connectivity index (χ4n) is 4.05. The number of anilines is 1. The van der Waals surface area contributed by atoms with Gasteiger partial charge in [-0.25, -0.2) is 9.18 Å². The molecular weight excluding hydrogens is 305 g/mol. The second kappa shape index (κ2) is 5.48. The summed E-state index contributed by atoms with van der Waals surface area (Å²) in [7, 11) is 0. The van der Waals surface area contributed by atoms with Gasteiger partial charge in [-0.05, 0) is 54.2 Å². The number of hydrogen-bond donors (Lipinski definition) is 2. The third-order valence-corrected chi connectivity index (χ3v) is 5.26. The molecule has 0 spiro atoms. The van der Waals surface area contributed by atoms with Crippen LogP contribution < -0.4 is 5.32 Å². The Balaban J connectivity index is 1.83. The Morgan fingerprint density at radius 3 is 2.67 bits per heavy atom. The molecule has 4 heteroatoms. The minimum Gasteiger partial charge on any atom is -0.478 e. The highest BCUT2D eigenvalue weighted by Gasteiger charge is 2.38. The molecule has 2 aromatic carbocycles. The number of nitrogens with one attached hydrogen (secondary N) is 1. The van der Waals surface area contributed by atoms with Crippen LogP contribution in [0.25, 0.3) is 0 Å². The SMILES string of the molecule is Cc1c(C(=O)O)ccc2c1NC(c1ccc(F)cc1)C1CC=CC21. The molecule has 0 saturated heterocycles. The Morgan fingerprint density at radius 1 is 1.21 bits per heavy atom. The van der Waals surface area contributed by atoms with E-state index in [0.29, 0.717) is 11.5 Å². The highest BCUT2D eigenvalue weighted by atomic mass is 19.1. The number of fused-ring (bicyclic) bond motifs is 3. The van der Waals surface area contributed by atoms with Crippen molar-refractivity contribution in [2.24, 2.45) is 5.92 Å². The van der Waals surface area contributed by atoms with Gasteiger partial charge < -0.3 is 10.4 Å². The van der Waals surface area contributed by atoms with Crippen LogP contribution in [-0.4, -0.2) is 11.1 Å². The van der Waals surface area contributed by atoms with Gasteiger partial charge in [0.2, 0.25) is 0 Å². The third kappa shape index (κ3) is 2.21. The van der Waals surface area contributed by atoms with Gasteiger partial charge in [0, 0.05) is 11.6 Å². The fourth-order valence-corrected chi connectivity index (χ4v) is 4.05. The fraction of sp³-hybridized carbons (Fsp3) is 0.250. The third-order valence-electron chi connectivity index (χ3n) is 5.26. The van der Waals surface area contributed by atoms with Crippen molar-refractivity contribution in [2.45, 2.75) is 25.3 Å². The van der Waals surface area contributed by atoms with E-state index in [4.69, 9.17) is 0 Å². The van der Waals surface area contributed by atoms with Gasteiger partial charge in [-0.3, -0.25) is 0 Å². The summed E-state index contributed by atoms with van der Waals surface area (Å²) in [4.78, 5) is 11.4. The number of benzene rings is 2. The monoisotopic (exact) mass is 323 g/mol. The van der Waals surface area contributed by atoms with Crippen molar-refractivity contribution in [3.63, 3.8) is 0 Å². The van der Waals surface area contributed by atoms with Crippen LogP contribution in [0.3, 0.4) is 0 Å². The van der Waals surface area contributed by atoms with Crippen LogP contribution in [0, 0.1) is 18.7 Å². The smallest absolute Gasteiger partial charge is 0.336 e. The molecule has 24 heavy (non-hydrogen) atoms. The maximum atomic E-state index is 13.3. The molecule has 0 aromatic heterocycles. The van der Waals surface area contributed by atoms with Crippen LogP contribution in [0.5, 0.6) is 0 Å². The number of carboxylic acid groups (broad SMARTS) is 1. The lowest BCUT2D eigenvalue weighted by Crippen LogP contribution is -2.30. The molecule has 1 aliphatic carbocycles. The molecule has 0 saturated carbocycles. The zero-order chi connectivity index (χ0) is 16.8. The Bertz CT molecular complexity index is 841. The Morgan fingerprint density at radius 2 is 1.96 bits per heavy atom. The summed E-state index contributed by atoms with van der Waals surface area (Å²) in [5.74, 6) is -0.546. The van der Waals surface area contributed by atoms with Crippen molar-refractivity contribution < 1.29 is 14.3 Å². The number of carbonyl (C=O) groups is 1. The van der Waals surface area contributed by atoms with E-state index in [-0.39, 0.29) is 17.8 Å². The molecule has 1 aliphatic heterocycles. The zero-order valence-corrected chi connectivity index (χ0v) is 13.3. The van der Waals surface area contributed by atoms with Crippen molar-refractivity contribution in [3.8, 4) is 0 Å². The predicted molar refractivity (Wildman–Crippen MR) is 90.9 cm³/mol. The molecule has 122 valence electrons. The molecule has 0 radical (unpaired) electrons. The normalized spacial score (nSPS) is 24.2. The van der Waals surface area contributed by atoms with Crippen LogP contribution in [0.15, 0.2) is 48.6 Å². The van der Waals surface area contributed by atoms with E-state index in [1.54, 1.807) is 6.07 Å². The van der Waals surface area contributed by atoms with Crippen molar-refractivity contribution in [3.05, 3.63) is 76.6 Å². The average Bonchev–Trinajstić information content (AvgIpc) is 3.05. The molecule has 3 nitrogen and oxygen atoms in total. The van der Waals surface area contributed by atoms with Gasteiger partial charge in [0.05, 0.1) is 11.6 Å². The maximum absolute atomic E-state index is 13.3. The van der Waals surface area contributed by atoms with Crippen LogP contribution in [0.4, 0.5) is 10.1 Å². The van der Waals surface area contributed by atoms with Crippen molar-refractivity contribution >= 4 is 11.7 Å². The van der Waals surface area contributed by atoms with Crippen LogP contribution >= 0.6 is 0 Å². The highest BCUT2D eigenvalue weighted by molar-refractivity contribution is 5.92. The summed E-state index contributed by atoms with van der Waals surface area (Å²) < 4.78 is 13.3. The minimum atomic E-state index is -0.917. The molecule has 0 fully saturated rings. The second-order valence-electron chi connectivity index (χ2n) is 6.53. The first-order chi connectivity index (χ1) is 11.6. The summed E-state index contributed by atoms with van der Waals surface area (Å²) in [5, 5.41) is 12.9. The van der Waals surface area contributed by atoms with E-state index < -0.39 is 5.97 Å². The number of hydrogen-bond acceptors (Lipinski definition) is 2. The van der Waals surface area contributed by atoms with Crippen LogP contribution in [-0.2, 0) is 0 Å². The number of carboxylic acids is 1. The lowest BCUT2D eigenvalue weighted by molar-refractivity contribution is 0.0696. The van der Waals surface area contributed by atoms with Gasteiger partial charge in [-0.1, -0.05) is 30.4 Å². The highest BCUT2D eigenvalue weighted by Crippen LogP contribution is 2.50. The second-order valence-corrected chi connectivity index (χ2v) is 6.53. The largest absolute Gasteiger partial charge is 0.478 e. The van der Waals surface area contributed by atoms with Crippen molar-refractivity contribution in [1.82, 2.24) is 0 Å². The van der Waals surface area contributed by atoms with E-state index >= 15 is 0 Å². The number of allylic oxidation sites excluding steroid dienone is 2. The molecule has 2 aliphatic rings. The number of aromatic carboxylic acids is 1. The molecule has 0 amide bonds. The summed E-state index contributed by atoms with van der Waals surface area (Å²) >= 11 is 0. The lowest BCUT2D eigenvalue weighted by Gasteiger charge is -2.38. The van der Waals surface area contributed by atoms with Crippen molar-refractivity contribution in [1.29, 1.82) is 0 Å². The summed E-state index contributed by atoms with van der Waals surface area (Å²) in [6, 6.07) is 10.2. The Kier molecular flexibility index (Phi) is 3.41. The first kappa shape index (κ1) is 14.9. The van der Waals surface area contributed by atoms with Crippen molar-refractivity contribution in [2.75, 3.05) is 5.32 Å². The molecule has 1 heterocycles. The van der Waals surface area contributed by atoms with Gasteiger partial charge in [-0.2, -0.15) is 0 Å². The van der Waals surface area contributed by atoms with Gasteiger partial charge >= 0.3 is 5.97 Å². The molecule has 4 rings (SSSR count). The lowest BCUT2D eigenvalue weighted by atomic mass is 9.76. The minimum absolute atomic E-state index is 0.0424. The van der Waals surface area contributed by atoms with Crippen LogP contribution in [0.1, 0.15) is 45.4 Å².